The van der Waals surface area contributed by atoms with Crippen molar-refractivity contribution < 1.29 is 9.59 Å². The van der Waals surface area contributed by atoms with Crippen molar-refractivity contribution in [3.63, 3.8) is 0 Å². The van der Waals surface area contributed by atoms with E-state index in [1.807, 2.05) is 0 Å². The molecule has 1 aromatic carbocycles. The van der Waals surface area contributed by atoms with Gasteiger partial charge in [0.05, 0.1) is 6.04 Å². The van der Waals surface area contributed by atoms with E-state index < -0.39 is 5.91 Å². The zero-order valence-corrected chi connectivity index (χ0v) is 11.7. The van der Waals surface area contributed by atoms with Gasteiger partial charge in [-0.05, 0) is 43.5 Å². The van der Waals surface area contributed by atoms with E-state index in [2.05, 4.69) is 17.6 Å². The Morgan fingerprint density at radius 1 is 1.45 bits per heavy atom. The minimum absolute atomic E-state index is 0.0511. The molecule has 0 saturated carbocycles. The Morgan fingerprint density at radius 3 is 2.95 bits per heavy atom. The average molecular weight is 275 g/mol. The third-order valence-corrected chi connectivity index (χ3v) is 3.82. The number of hydrogen-bond donors (Lipinski definition) is 3. The van der Waals surface area contributed by atoms with Gasteiger partial charge >= 0.3 is 0 Å². The molecule has 1 aliphatic rings. The van der Waals surface area contributed by atoms with Gasteiger partial charge in [0.15, 0.2) is 0 Å². The SMILES string of the molecule is CCC1CCNC(C(=O)Nc2cccc(C(N)=O)c2)C1. The summed E-state index contributed by atoms with van der Waals surface area (Å²) < 4.78 is 0. The number of benzene rings is 1. The van der Waals surface area contributed by atoms with Gasteiger partial charge in [-0.3, -0.25) is 9.59 Å². The first kappa shape index (κ1) is 14.5. The van der Waals surface area contributed by atoms with Gasteiger partial charge in [0.25, 0.3) is 0 Å². The molecule has 2 rings (SSSR count). The van der Waals surface area contributed by atoms with Gasteiger partial charge in [-0.25, -0.2) is 0 Å². The van der Waals surface area contributed by atoms with Gasteiger partial charge in [-0.15, -0.1) is 0 Å². The maximum Gasteiger partial charge on any atom is 0.248 e. The molecule has 20 heavy (non-hydrogen) atoms. The number of amides is 2. The van der Waals surface area contributed by atoms with E-state index in [1.54, 1.807) is 24.3 Å². The summed E-state index contributed by atoms with van der Waals surface area (Å²) in [7, 11) is 0. The molecule has 0 spiro atoms. The van der Waals surface area contributed by atoms with Crippen LogP contribution in [-0.4, -0.2) is 24.4 Å². The molecular weight excluding hydrogens is 254 g/mol. The number of hydrogen-bond acceptors (Lipinski definition) is 3. The zero-order chi connectivity index (χ0) is 14.5. The number of carbonyl (C=O) groups is 2. The van der Waals surface area contributed by atoms with E-state index in [1.165, 1.54) is 0 Å². The van der Waals surface area contributed by atoms with Crippen molar-refractivity contribution in [1.29, 1.82) is 0 Å². The van der Waals surface area contributed by atoms with Crippen LogP contribution in [0.1, 0.15) is 36.5 Å². The molecule has 1 saturated heterocycles. The van der Waals surface area contributed by atoms with Gasteiger partial charge in [-0.1, -0.05) is 19.4 Å². The summed E-state index contributed by atoms with van der Waals surface area (Å²) in [6.07, 6.45) is 3.08. The normalized spacial score (nSPS) is 22.2. The standard InChI is InChI=1S/C15H21N3O2/c1-2-10-6-7-17-13(8-10)15(20)18-12-5-3-4-11(9-12)14(16)19/h3-5,9-10,13,17H,2,6-8H2,1H3,(H2,16,19)(H,18,20). The van der Waals surface area contributed by atoms with Crippen LogP contribution >= 0.6 is 0 Å². The third-order valence-electron chi connectivity index (χ3n) is 3.82. The molecule has 0 bridgehead atoms. The van der Waals surface area contributed by atoms with Crippen LogP contribution in [0.25, 0.3) is 0 Å². The highest BCUT2D eigenvalue weighted by molar-refractivity contribution is 5.98. The summed E-state index contributed by atoms with van der Waals surface area (Å²) in [6, 6.07) is 6.53. The lowest BCUT2D eigenvalue weighted by Crippen LogP contribution is -2.46. The van der Waals surface area contributed by atoms with Crippen molar-refractivity contribution in [3.8, 4) is 0 Å². The van der Waals surface area contributed by atoms with Crippen LogP contribution in [0.4, 0.5) is 5.69 Å². The second-order valence-corrected chi connectivity index (χ2v) is 5.24. The van der Waals surface area contributed by atoms with Crippen LogP contribution < -0.4 is 16.4 Å². The van der Waals surface area contributed by atoms with Crippen molar-refractivity contribution in [2.45, 2.75) is 32.2 Å². The highest BCUT2D eigenvalue weighted by Crippen LogP contribution is 2.20. The van der Waals surface area contributed by atoms with Crippen molar-refractivity contribution >= 4 is 17.5 Å². The molecule has 1 aromatic rings. The molecule has 0 radical (unpaired) electrons. The summed E-state index contributed by atoms with van der Waals surface area (Å²) in [5.74, 6) is 0.0525. The average Bonchev–Trinajstić information content (AvgIpc) is 2.47. The molecule has 2 atom stereocenters. The summed E-state index contributed by atoms with van der Waals surface area (Å²) in [6.45, 7) is 3.03. The van der Waals surface area contributed by atoms with E-state index in [0.717, 1.165) is 25.8 Å². The van der Waals surface area contributed by atoms with Gasteiger partial charge in [0, 0.05) is 11.3 Å². The smallest absolute Gasteiger partial charge is 0.248 e. The van der Waals surface area contributed by atoms with Crippen molar-refractivity contribution in [1.82, 2.24) is 5.32 Å². The lowest BCUT2D eigenvalue weighted by molar-refractivity contribution is -0.119. The molecule has 2 amide bonds. The summed E-state index contributed by atoms with van der Waals surface area (Å²) in [5.41, 5.74) is 6.23. The molecular formula is C15H21N3O2. The fraction of sp³-hybridized carbons (Fsp3) is 0.467. The number of rotatable bonds is 4. The largest absolute Gasteiger partial charge is 0.366 e. The number of anilines is 1. The minimum Gasteiger partial charge on any atom is -0.366 e. The van der Waals surface area contributed by atoms with Gasteiger partial charge in [0.1, 0.15) is 0 Å². The monoisotopic (exact) mass is 275 g/mol. The first-order valence-electron chi connectivity index (χ1n) is 7.04. The number of carbonyl (C=O) groups excluding carboxylic acids is 2. The lowest BCUT2D eigenvalue weighted by Gasteiger charge is -2.28. The van der Waals surface area contributed by atoms with Crippen LogP contribution in [-0.2, 0) is 4.79 Å². The second kappa shape index (κ2) is 6.52. The molecule has 5 nitrogen and oxygen atoms in total. The number of nitrogens with two attached hydrogens (primary N) is 1. The van der Waals surface area contributed by atoms with Gasteiger partial charge in [-0.2, -0.15) is 0 Å². The van der Waals surface area contributed by atoms with E-state index in [9.17, 15) is 9.59 Å². The van der Waals surface area contributed by atoms with E-state index >= 15 is 0 Å². The van der Waals surface area contributed by atoms with E-state index in [4.69, 9.17) is 5.73 Å². The maximum atomic E-state index is 12.2. The molecule has 0 aromatic heterocycles. The predicted octanol–water partition coefficient (Wildman–Crippen LogP) is 1.50. The Morgan fingerprint density at radius 2 is 2.25 bits per heavy atom. The Labute approximate surface area is 118 Å². The van der Waals surface area contributed by atoms with E-state index in [0.29, 0.717) is 17.2 Å². The third kappa shape index (κ3) is 3.57. The first-order chi connectivity index (χ1) is 9.60. The molecule has 0 aliphatic carbocycles. The molecule has 4 N–H and O–H groups in total. The highest BCUT2D eigenvalue weighted by atomic mass is 16.2. The molecule has 5 heteroatoms. The first-order valence-corrected chi connectivity index (χ1v) is 7.04. The summed E-state index contributed by atoms with van der Waals surface area (Å²) >= 11 is 0. The Balaban J connectivity index is 2.00. The van der Waals surface area contributed by atoms with Crippen molar-refractivity contribution in [3.05, 3.63) is 29.8 Å². The van der Waals surface area contributed by atoms with Crippen LogP contribution in [0, 0.1) is 5.92 Å². The Bertz CT molecular complexity index is 502. The Hall–Kier alpha value is -1.88. The number of piperidine rings is 1. The van der Waals surface area contributed by atoms with Crippen LogP contribution in [0.5, 0.6) is 0 Å². The molecule has 1 fully saturated rings. The van der Waals surface area contributed by atoms with E-state index in [-0.39, 0.29) is 11.9 Å². The fourth-order valence-corrected chi connectivity index (χ4v) is 2.55. The number of nitrogens with one attached hydrogen (secondary N) is 2. The predicted molar refractivity (Wildman–Crippen MR) is 78.4 cm³/mol. The van der Waals surface area contributed by atoms with Crippen LogP contribution in [0.3, 0.4) is 0 Å². The Kier molecular flexibility index (Phi) is 4.74. The lowest BCUT2D eigenvalue weighted by atomic mass is 9.90. The van der Waals surface area contributed by atoms with Crippen molar-refractivity contribution in [2.24, 2.45) is 11.7 Å². The quantitative estimate of drug-likeness (QED) is 0.778. The number of primary amides is 1. The molecule has 1 heterocycles. The van der Waals surface area contributed by atoms with Crippen molar-refractivity contribution in [2.75, 3.05) is 11.9 Å². The molecule has 1 aliphatic heterocycles. The molecule has 2 unspecified atom stereocenters. The van der Waals surface area contributed by atoms with Crippen LogP contribution in [0.2, 0.25) is 0 Å². The fourth-order valence-electron chi connectivity index (χ4n) is 2.55. The topological polar surface area (TPSA) is 84.2 Å². The minimum atomic E-state index is -0.497. The summed E-state index contributed by atoms with van der Waals surface area (Å²) in [5, 5.41) is 6.08. The highest BCUT2D eigenvalue weighted by Gasteiger charge is 2.25. The second-order valence-electron chi connectivity index (χ2n) is 5.24. The van der Waals surface area contributed by atoms with Gasteiger partial charge < -0.3 is 16.4 Å². The van der Waals surface area contributed by atoms with Gasteiger partial charge in [0.2, 0.25) is 11.8 Å². The maximum absolute atomic E-state index is 12.2. The molecule has 108 valence electrons. The summed E-state index contributed by atoms with van der Waals surface area (Å²) in [4.78, 5) is 23.3. The van der Waals surface area contributed by atoms with Crippen LogP contribution in [0.15, 0.2) is 24.3 Å². The zero-order valence-electron chi connectivity index (χ0n) is 11.7.